The van der Waals surface area contributed by atoms with Gasteiger partial charge in [-0.2, -0.15) is 0 Å². The van der Waals surface area contributed by atoms with Crippen LogP contribution in [0.5, 0.6) is 0 Å². The molecule has 0 amide bonds. The Morgan fingerprint density at radius 1 is 1.45 bits per heavy atom. The molecule has 0 aromatic heterocycles. The molecule has 68 valence electrons. The molecule has 0 saturated heterocycles. The highest BCUT2D eigenvalue weighted by Crippen LogP contribution is 1.90. The SMILES string of the molecule is CCS(=O)CCCS(N)(=O)=O. The van der Waals surface area contributed by atoms with Crippen molar-refractivity contribution in [2.24, 2.45) is 5.14 Å². The van der Waals surface area contributed by atoms with Crippen molar-refractivity contribution < 1.29 is 12.6 Å². The van der Waals surface area contributed by atoms with E-state index in [2.05, 4.69) is 0 Å². The summed E-state index contributed by atoms with van der Waals surface area (Å²) >= 11 is 0. The van der Waals surface area contributed by atoms with Crippen LogP contribution in [-0.2, 0) is 20.8 Å². The minimum absolute atomic E-state index is 0.0707. The third-order valence-electron chi connectivity index (χ3n) is 1.12. The smallest absolute Gasteiger partial charge is 0.209 e. The molecule has 0 radical (unpaired) electrons. The van der Waals surface area contributed by atoms with E-state index < -0.39 is 20.8 Å². The van der Waals surface area contributed by atoms with Crippen molar-refractivity contribution in [1.82, 2.24) is 0 Å². The summed E-state index contributed by atoms with van der Waals surface area (Å²) in [5.74, 6) is 0.927. The quantitative estimate of drug-likeness (QED) is 0.644. The van der Waals surface area contributed by atoms with Crippen LogP contribution in [0.4, 0.5) is 0 Å². The summed E-state index contributed by atoms with van der Waals surface area (Å²) in [6.07, 6.45) is 0.388. The van der Waals surface area contributed by atoms with Gasteiger partial charge < -0.3 is 0 Å². The third kappa shape index (κ3) is 7.96. The molecule has 0 aliphatic heterocycles. The number of rotatable bonds is 5. The first-order valence-electron chi connectivity index (χ1n) is 3.31. The molecule has 0 saturated carbocycles. The molecule has 6 heteroatoms. The molecule has 0 fully saturated rings. The van der Waals surface area contributed by atoms with Crippen LogP contribution in [0.2, 0.25) is 0 Å². The largest absolute Gasteiger partial charge is 0.260 e. The fraction of sp³-hybridized carbons (Fsp3) is 1.00. The second-order valence-electron chi connectivity index (χ2n) is 2.15. The monoisotopic (exact) mass is 199 g/mol. The second kappa shape index (κ2) is 4.84. The van der Waals surface area contributed by atoms with Crippen molar-refractivity contribution in [2.45, 2.75) is 13.3 Å². The van der Waals surface area contributed by atoms with E-state index in [4.69, 9.17) is 5.14 Å². The normalized spacial score (nSPS) is 14.7. The lowest BCUT2D eigenvalue weighted by atomic mass is 10.6. The van der Waals surface area contributed by atoms with Crippen LogP contribution in [0.25, 0.3) is 0 Å². The lowest BCUT2D eigenvalue weighted by molar-refractivity contribution is 0.596. The minimum Gasteiger partial charge on any atom is -0.260 e. The maximum absolute atomic E-state index is 10.8. The van der Waals surface area contributed by atoms with Crippen LogP contribution in [-0.4, -0.2) is 29.9 Å². The Kier molecular flexibility index (Phi) is 4.87. The first-order valence-corrected chi connectivity index (χ1v) is 6.51. The molecule has 2 N–H and O–H groups in total. The van der Waals surface area contributed by atoms with E-state index in [-0.39, 0.29) is 5.75 Å². The number of nitrogens with two attached hydrogens (primary N) is 1. The Morgan fingerprint density at radius 2 is 2.00 bits per heavy atom. The van der Waals surface area contributed by atoms with E-state index in [1.165, 1.54) is 0 Å². The molecule has 1 atom stereocenters. The standard InChI is InChI=1S/C5H13NO3S2/c1-2-10(7)4-3-5-11(6,8)9/h2-5H2,1H3,(H2,6,8,9). The van der Waals surface area contributed by atoms with Gasteiger partial charge in [-0.3, -0.25) is 4.21 Å². The molecule has 0 aliphatic carbocycles. The average molecular weight is 199 g/mol. The Balaban J connectivity index is 3.51. The van der Waals surface area contributed by atoms with Gasteiger partial charge in [-0.25, -0.2) is 13.6 Å². The molecule has 0 aromatic rings. The highest BCUT2D eigenvalue weighted by molar-refractivity contribution is 7.89. The number of primary sulfonamides is 1. The Morgan fingerprint density at radius 3 is 2.36 bits per heavy atom. The zero-order valence-electron chi connectivity index (χ0n) is 6.45. The topological polar surface area (TPSA) is 77.2 Å². The zero-order chi connectivity index (χ0) is 8.91. The van der Waals surface area contributed by atoms with Crippen LogP contribution in [0.1, 0.15) is 13.3 Å². The maximum Gasteiger partial charge on any atom is 0.209 e. The second-order valence-corrected chi connectivity index (χ2v) is 5.75. The van der Waals surface area contributed by atoms with Crippen LogP contribution in [0.15, 0.2) is 0 Å². The highest BCUT2D eigenvalue weighted by Gasteiger charge is 2.03. The zero-order valence-corrected chi connectivity index (χ0v) is 8.08. The lowest BCUT2D eigenvalue weighted by Gasteiger charge is -1.97. The van der Waals surface area contributed by atoms with Crippen molar-refractivity contribution in [2.75, 3.05) is 17.3 Å². The van der Waals surface area contributed by atoms with Gasteiger partial charge in [-0.05, 0) is 6.42 Å². The van der Waals surface area contributed by atoms with Crippen molar-refractivity contribution in [3.63, 3.8) is 0 Å². The van der Waals surface area contributed by atoms with Gasteiger partial charge in [-0.1, -0.05) is 6.92 Å². The fourth-order valence-corrected chi connectivity index (χ4v) is 2.05. The number of sulfonamides is 1. The van der Waals surface area contributed by atoms with Crippen molar-refractivity contribution in [1.29, 1.82) is 0 Å². The summed E-state index contributed by atoms with van der Waals surface area (Å²) in [7, 11) is -4.24. The van der Waals surface area contributed by atoms with E-state index in [0.717, 1.165) is 0 Å². The molecule has 0 spiro atoms. The molecule has 0 rings (SSSR count). The lowest BCUT2D eigenvalue weighted by Crippen LogP contribution is -2.18. The summed E-state index contributed by atoms with van der Waals surface area (Å²) in [5.41, 5.74) is 0. The van der Waals surface area contributed by atoms with Gasteiger partial charge in [0.1, 0.15) is 0 Å². The van der Waals surface area contributed by atoms with Crippen LogP contribution in [0, 0.1) is 0 Å². The Labute approximate surface area is 69.7 Å². The summed E-state index contributed by atoms with van der Waals surface area (Å²) in [4.78, 5) is 0. The predicted octanol–water partition coefficient (Wildman–Crippen LogP) is -0.566. The molecule has 4 nitrogen and oxygen atoms in total. The van der Waals surface area contributed by atoms with Crippen LogP contribution < -0.4 is 5.14 Å². The first kappa shape index (κ1) is 11.1. The van der Waals surface area contributed by atoms with Gasteiger partial charge in [0.15, 0.2) is 0 Å². The molecule has 0 aliphatic rings. The van der Waals surface area contributed by atoms with E-state index in [1.807, 2.05) is 0 Å². The van der Waals surface area contributed by atoms with Gasteiger partial charge in [0.25, 0.3) is 0 Å². The van der Waals surface area contributed by atoms with Crippen LogP contribution in [0.3, 0.4) is 0 Å². The summed E-state index contributed by atoms with van der Waals surface area (Å²) < 4.78 is 31.5. The fourth-order valence-electron chi connectivity index (χ4n) is 0.565. The Bertz CT molecular complexity index is 222. The maximum atomic E-state index is 10.8. The third-order valence-corrected chi connectivity index (χ3v) is 3.37. The van der Waals surface area contributed by atoms with Gasteiger partial charge in [-0.15, -0.1) is 0 Å². The van der Waals surface area contributed by atoms with Crippen molar-refractivity contribution in [3.05, 3.63) is 0 Å². The Hall–Kier alpha value is 0.0600. The predicted molar refractivity (Wildman–Crippen MR) is 46.1 cm³/mol. The average Bonchev–Trinajstić information content (AvgIpc) is 1.85. The van der Waals surface area contributed by atoms with E-state index in [1.54, 1.807) is 6.92 Å². The molecule has 0 heterocycles. The van der Waals surface area contributed by atoms with Gasteiger partial charge in [0, 0.05) is 22.3 Å². The number of hydrogen-bond acceptors (Lipinski definition) is 3. The van der Waals surface area contributed by atoms with E-state index >= 15 is 0 Å². The van der Waals surface area contributed by atoms with E-state index in [9.17, 15) is 12.6 Å². The van der Waals surface area contributed by atoms with Gasteiger partial charge in [0.2, 0.25) is 10.0 Å². The van der Waals surface area contributed by atoms with Crippen molar-refractivity contribution >= 4 is 20.8 Å². The molecule has 1 unspecified atom stereocenters. The summed E-state index contributed by atoms with van der Waals surface area (Å²) in [6, 6.07) is 0. The van der Waals surface area contributed by atoms with Gasteiger partial charge >= 0.3 is 0 Å². The van der Waals surface area contributed by atoms with Gasteiger partial charge in [0.05, 0.1) is 5.75 Å². The summed E-state index contributed by atoms with van der Waals surface area (Å²) in [5, 5.41) is 4.74. The molecule has 0 bridgehead atoms. The first-order chi connectivity index (χ1) is 4.95. The summed E-state index contributed by atoms with van der Waals surface area (Å²) in [6.45, 7) is 1.80. The molecule has 0 aromatic carbocycles. The van der Waals surface area contributed by atoms with Crippen molar-refractivity contribution in [3.8, 4) is 0 Å². The van der Waals surface area contributed by atoms with E-state index in [0.29, 0.717) is 17.9 Å². The minimum atomic E-state index is -3.36. The number of hydrogen-bond donors (Lipinski definition) is 1. The highest BCUT2D eigenvalue weighted by atomic mass is 32.2. The van der Waals surface area contributed by atoms with Crippen LogP contribution >= 0.6 is 0 Å². The molecular formula is C5H13NO3S2. The molecule has 11 heavy (non-hydrogen) atoms. The molecular weight excluding hydrogens is 186 g/mol.